The lowest BCUT2D eigenvalue weighted by molar-refractivity contribution is -0.113. The molecule has 0 saturated carbocycles. The van der Waals surface area contributed by atoms with Crippen molar-refractivity contribution >= 4 is 34.4 Å². The van der Waals surface area contributed by atoms with Gasteiger partial charge in [0.1, 0.15) is 11.3 Å². The van der Waals surface area contributed by atoms with Gasteiger partial charge in [0.25, 0.3) is 5.56 Å². The Bertz CT molecular complexity index is 1030. The summed E-state index contributed by atoms with van der Waals surface area (Å²) in [6, 6.07) is 9.13. The fourth-order valence-corrected chi connectivity index (χ4v) is 3.63. The number of anilines is 1. The van der Waals surface area contributed by atoms with Gasteiger partial charge in [-0.05, 0) is 39.0 Å². The number of ether oxygens (including phenoxy) is 1. The molecule has 0 fully saturated rings. The monoisotopic (exact) mass is 386 g/mol. The molecule has 2 heterocycles. The molecular weight excluding hydrogens is 364 g/mol. The first kappa shape index (κ1) is 19.0. The van der Waals surface area contributed by atoms with E-state index in [0.717, 1.165) is 5.69 Å². The topological polar surface area (TPSA) is 89.0 Å². The fourth-order valence-electron chi connectivity index (χ4n) is 2.77. The van der Waals surface area contributed by atoms with Crippen LogP contribution in [-0.2, 0) is 11.3 Å². The normalized spacial score (nSPS) is 10.9. The van der Waals surface area contributed by atoms with Gasteiger partial charge in [0.2, 0.25) is 5.91 Å². The van der Waals surface area contributed by atoms with Crippen molar-refractivity contribution < 1.29 is 9.53 Å². The van der Waals surface area contributed by atoms with E-state index in [1.807, 2.05) is 45.0 Å². The number of para-hydroxylation sites is 2. The number of H-pyrrole nitrogens is 1. The van der Waals surface area contributed by atoms with E-state index in [2.05, 4.69) is 15.3 Å². The maximum absolute atomic E-state index is 12.6. The lowest BCUT2D eigenvalue weighted by Gasteiger charge is -2.12. The summed E-state index contributed by atoms with van der Waals surface area (Å²) in [5, 5.41) is 3.38. The van der Waals surface area contributed by atoms with Gasteiger partial charge in [-0.1, -0.05) is 23.9 Å². The third-order valence-corrected chi connectivity index (χ3v) is 4.92. The number of nitrogens with zero attached hydrogens (tertiary/aromatic N) is 2. The quantitative estimate of drug-likeness (QED) is 0.481. The van der Waals surface area contributed by atoms with Crippen LogP contribution in [0.25, 0.3) is 11.0 Å². The van der Waals surface area contributed by atoms with Crippen LogP contribution < -0.4 is 15.6 Å². The zero-order valence-corrected chi connectivity index (χ0v) is 16.4. The molecule has 2 N–H and O–H groups in total. The smallest absolute Gasteiger partial charge is 0.278 e. The molecule has 0 aliphatic heterocycles. The van der Waals surface area contributed by atoms with Gasteiger partial charge >= 0.3 is 0 Å². The lowest BCUT2D eigenvalue weighted by atomic mass is 10.3. The second kappa shape index (κ2) is 8.30. The molecule has 2 aromatic heterocycles. The number of hydrogen-bond acceptors (Lipinski definition) is 5. The van der Waals surface area contributed by atoms with Gasteiger partial charge in [-0.25, -0.2) is 4.98 Å². The largest absolute Gasteiger partial charge is 0.492 e. The Hall–Kier alpha value is -2.74. The Morgan fingerprint density at radius 2 is 2.11 bits per heavy atom. The predicted octanol–water partition coefficient (Wildman–Crippen LogP) is 3.18. The van der Waals surface area contributed by atoms with Crippen molar-refractivity contribution in [1.82, 2.24) is 14.5 Å². The third-order valence-electron chi connectivity index (χ3n) is 3.95. The first-order valence-corrected chi connectivity index (χ1v) is 9.76. The number of aromatic nitrogens is 3. The van der Waals surface area contributed by atoms with Crippen LogP contribution in [0.4, 0.5) is 5.69 Å². The summed E-state index contributed by atoms with van der Waals surface area (Å²) in [7, 11) is 0. The Labute approximate surface area is 161 Å². The number of thioether (sulfide) groups is 1. The van der Waals surface area contributed by atoms with Gasteiger partial charge in [-0.2, -0.15) is 0 Å². The number of benzene rings is 1. The van der Waals surface area contributed by atoms with Crippen molar-refractivity contribution in [2.24, 2.45) is 0 Å². The molecule has 0 spiro atoms. The first-order valence-electron chi connectivity index (χ1n) is 8.78. The average molecular weight is 386 g/mol. The molecule has 1 amide bonds. The van der Waals surface area contributed by atoms with Gasteiger partial charge in [0, 0.05) is 12.2 Å². The Morgan fingerprint density at radius 3 is 2.85 bits per heavy atom. The molecule has 3 aromatic rings. The van der Waals surface area contributed by atoms with E-state index >= 15 is 0 Å². The van der Waals surface area contributed by atoms with E-state index in [0.29, 0.717) is 40.8 Å². The molecule has 0 aliphatic carbocycles. The van der Waals surface area contributed by atoms with E-state index in [-0.39, 0.29) is 17.2 Å². The molecule has 0 saturated heterocycles. The molecule has 1 aromatic carbocycles. The molecule has 27 heavy (non-hydrogen) atoms. The summed E-state index contributed by atoms with van der Waals surface area (Å²) in [6.07, 6.45) is 0. The summed E-state index contributed by atoms with van der Waals surface area (Å²) in [5.74, 6) is 0.586. The number of nitrogens with one attached hydrogen (secondary N) is 2. The number of aromatic amines is 1. The maximum Gasteiger partial charge on any atom is 0.278 e. The molecule has 0 radical (unpaired) electrons. The van der Waals surface area contributed by atoms with Gasteiger partial charge in [-0.3, -0.25) is 14.2 Å². The van der Waals surface area contributed by atoms with Crippen molar-refractivity contribution in [2.75, 3.05) is 17.7 Å². The highest BCUT2D eigenvalue weighted by Gasteiger charge is 2.14. The zero-order valence-electron chi connectivity index (χ0n) is 15.5. The van der Waals surface area contributed by atoms with Crippen LogP contribution in [0, 0.1) is 6.92 Å². The first-order chi connectivity index (χ1) is 13.0. The van der Waals surface area contributed by atoms with E-state index in [1.54, 1.807) is 10.6 Å². The minimum atomic E-state index is -0.186. The highest BCUT2D eigenvalue weighted by molar-refractivity contribution is 7.99. The predicted molar refractivity (Wildman–Crippen MR) is 108 cm³/mol. The molecule has 8 heteroatoms. The second-order valence-electron chi connectivity index (χ2n) is 5.92. The lowest BCUT2D eigenvalue weighted by Crippen LogP contribution is -2.23. The molecule has 0 atom stereocenters. The van der Waals surface area contributed by atoms with Crippen molar-refractivity contribution in [3.63, 3.8) is 0 Å². The summed E-state index contributed by atoms with van der Waals surface area (Å²) in [5.41, 5.74) is 2.49. The molecule has 142 valence electrons. The van der Waals surface area contributed by atoms with Crippen LogP contribution in [0.3, 0.4) is 0 Å². The average Bonchev–Trinajstić information content (AvgIpc) is 3.02. The van der Waals surface area contributed by atoms with Crippen molar-refractivity contribution in [3.8, 4) is 5.75 Å². The molecule has 7 nitrogen and oxygen atoms in total. The minimum Gasteiger partial charge on any atom is -0.492 e. The van der Waals surface area contributed by atoms with Crippen LogP contribution in [0.5, 0.6) is 5.75 Å². The summed E-state index contributed by atoms with van der Waals surface area (Å²) in [4.78, 5) is 32.6. The zero-order chi connectivity index (χ0) is 19.4. The van der Waals surface area contributed by atoms with Crippen molar-refractivity contribution in [3.05, 3.63) is 46.4 Å². The SMILES string of the molecule is CCOc1ccccc1NC(=O)CSc1nc2cc(C)[nH]c2c(=O)n1CC. The summed E-state index contributed by atoms with van der Waals surface area (Å²) < 4.78 is 7.09. The Balaban J connectivity index is 1.77. The molecular formula is C19H22N4O3S. The van der Waals surface area contributed by atoms with Gasteiger partial charge in [0.15, 0.2) is 5.16 Å². The minimum absolute atomic E-state index is 0.125. The van der Waals surface area contributed by atoms with Gasteiger partial charge in [0.05, 0.1) is 23.6 Å². The maximum atomic E-state index is 12.6. The standard InChI is InChI=1S/C19H22N4O3S/c1-4-23-18(25)17-14(10-12(3)20-17)22-19(23)27-11-16(24)21-13-8-6-7-9-15(13)26-5-2/h6-10,20H,4-5,11H2,1-3H3,(H,21,24). The van der Waals surface area contributed by atoms with Crippen LogP contribution in [0.2, 0.25) is 0 Å². The molecule has 0 unspecified atom stereocenters. The number of carbonyl (C=O) groups is 1. The third kappa shape index (κ3) is 4.16. The van der Waals surface area contributed by atoms with E-state index in [9.17, 15) is 9.59 Å². The number of fused-ring (bicyclic) bond motifs is 1. The van der Waals surface area contributed by atoms with Crippen LogP contribution in [0.1, 0.15) is 19.5 Å². The van der Waals surface area contributed by atoms with E-state index in [1.165, 1.54) is 11.8 Å². The van der Waals surface area contributed by atoms with Gasteiger partial charge < -0.3 is 15.0 Å². The molecule has 0 bridgehead atoms. The number of aryl methyl sites for hydroxylation is 1. The van der Waals surface area contributed by atoms with Crippen LogP contribution >= 0.6 is 11.8 Å². The Kier molecular flexibility index (Phi) is 5.85. The van der Waals surface area contributed by atoms with Crippen LogP contribution in [0.15, 0.2) is 40.3 Å². The second-order valence-corrected chi connectivity index (χ2v) is 6.86. The summed E-state index contributed by atoms with van der Waals surface area (Å²) >= 11 is 1.24. The number of hydrogen-bond donors (Lipinski definition) is 2. The van der Waals surface area contributed by atoms with Gasteiger partial charge in [-0.15, -0.1) is 0 Å². The van der Waals surface area contributed by atoms with Crippen LogP contribution in [-0.4, -0.2) is 32.8 Å². The number of rotatable bonds is 7. The molecule has 3 rings (SSSR count). The number of amides is 1. The van der Waals surface area contributed by atoms with E-state index < -0.39 is 0 Å². The highest BCUT2D eigenvalue weighted by atomic mass is 32.2. The summed E-state index contributed by atoms with van der Waals surface area (Å²) in [6.45, 7) is 6.66. The number of carbonyl (C=O) groups excluding carboxylic acids is 1. The molecule has 0 aliphatic rings. The highest BCUT2D eigenvalue weighted by Crippen LogP contribution is 2.24. The van der Waals surface area contributed by atoms with Crippen molar-refractivity contribution in [1.29, 1.82) is 0 Å². The Morgan fingerprint density at radius 1 is 1.33 bits per heavy atom. The fraction of sp³-hybridized carbons (Fsp3) is 0.316. The van der Waals surface area contributed by atoms with Crippen molar-refractivity contribution in [2.45, 2.75) is 32.5 Å². The van der Waals surface area contributed by atoms with E-state index in [4.69, 9.17) is 4.74 Å².